The van der Waals surface area contributed by atoms with E-state index in [1.807, 2.05) is 12.3 Å². The molecular formula is C18H23N5O. The third-order valence-corrected chi connectivity index (χ3v) is 5.28. The Morgan fingerprint density at radius 2 is 1.88 bits per heavy atom. The first kappa shape index (κ1) is 15.3. The van der Waals surface area contributed by atoms with Crippen molar-refractivity contribution < 1.29 is 0 Å². The molecule has 0 unspecified atom stereocenters. The predicted octanol–water partition coefficient (Wildman–Crippen LogP) is 2.90. The minimum Gasteiger partial charge on any atom is -0.367 e. The Morgan fingerprint density at radius 1 is 1.04 bits per heavy atom. The maximum absolute atomic E-state index is 11.9. The minimum atomic E-state index is -0.00477. The second kappa shape index (κ2) is 6.71. The molecule has 4 rings (SSSR count). The van der Waals surface area contributed by atoms with E-state index in [0.29, 0.717) is 12.0 Å². The summed E-state index contributed by atoms with van der Waals surface area (Å²) in [6, 6.07) is 5.86. The van der Waals surface area contributed by atoms with Crippen LogP contribution in [0.1, 0.15) is 62.7 Å². The van der Waals surface area contributed by atoms with Crippen LogP contribution in [0.25, 0.3) is 0 Å². The molecule has 0 spiro atoms. The van der Waals surface area contributed by atoms with Crippen LogP contribution in [0.3, 0.4) is 0 Å². The number of hydrogen-bond acceptors (Lipinski definition) is 5. The van der Waals surface area contributed by atoms with E-state index in [4.69, 9.17) is 4.98 Å². The molecule has 2 heterocycles. The smallest absolute Gasteiger partial charge is 0.266 e. The number of rotatable bonds is 4. The molecule has 2 aromatic rings. The number of nitrogens with zero attached hydrogens (tertiary/aromatic N) is 4. The molecule has 1 N–H and O–H groups in total. The van der Waals surface area contributed by atoms with Gasteiger partial charge in [-0.15, -0.1) is 0 Å². The van der Waals surface area contributed by atoms with Gasteiger partial charge in [-0.3, -0.25) is 4.79 Å². The lowest BCUT2D eigenvalue weighted by Gasteiger charge is -2.30. The Balaban J connectivity index is 1.36. The molecule has 2 aromatic heterocycles. The molecule has 6 nitrogen and oxygen atoms in total. The predicted molar refractivity (Wildman–Crippen MR) is 92.0 cm³/mol. The van der Waals surface area contributed by atoms with Crippen LogP contribution in [0, 0.1) is 0 Å². The zero-order valence-corrected chi connectivity index (χ0v) is 13.8. The van der Waals surface area contributed by atoms with Crippen molar-refractivity contribution in [2.45, 2.75) is 62.9 Å². The van der Waals surface area contributed by atoms with E-state index >= 15 is 0 Å². The highest BCUT2D eigenvalue weighted by molar-refractivity contribution is 5.35. The van der Waals surface area contributed by atoms with Gasteiger partial charge >= 0.3 is 0 Å². The van der Waals surface area contributed by atoms with Gasteiger partial charge in [0.2, 0.25) is 0 Å². The molecule has 2 saturated carbocycles. The van der Waals surface area contributed by atoms with Gasteiger partial charge in [-0.1, -0.05) is 6.42 Å². The summed E-state index contributed by atoms with van der Waals surface area (Å²) in [6.07, 6.45) is 11.3. The number of hydrogen-bond donors (Lipinski definition) is 1. The van der Waals surface area contributed by atoms with Crippen molar-refractivity contribution in [2.75, 3.05) is 5.32 Å². The van der Waals surface area contributed by atoms with E-state index in [-0.39, 0.29) is 11.6 Å². The van der Waals surface area contributed by atoms with Gasteiger partial charge in [0.25, 0.3) is 5.56 Å². The first-order valence-corrected chi connectivity index (χ1v) is 8.93. The largest absolute Gasteiger partial charge is 0.367 e. The summed E-state index contributed by atoms with van der Waals surface area (Å²) < 4.78 is 1.63. The van der Waals surface area contributed by atoms with Crippen molar-refractivity contribution in [1.82, 2.24) is 19.7 Å². The molecular weight excluding hydrogens is 302 g/mol. The Hall–Kier alpha value is -2.24. The lowest BCUT2D eigenvalue weighted by molar-refractivity contribution is 0.303. The molecule has 0 saturated heterocycles. The summed E-state index contributed by atoms with van der Waals surface area (Å²) in [7, 11) is 0. The first-order valence-electron chi connectivity index (χ1n) is 8.93. The molecule has 2 aliphatic carbocycles. The lowest BCUT2D eigenvalue weighted by atomic mass is 9.85. The molecule has 126 valence electrons. The second-order valence-electron chi connectivity index (χ2n) is 6.88. The summed E-state index contributed by atoms with van der Waals surface area (Å²) >= 11 is 0. The quantitative estimate of drug-likeness (QED) is 0.936. The van der Waals surface area contributed by atoms with Crippen molar-refractivity contribution in [3.05, 3.63) is 46.8 Å². The van der Waals surface area contributed by atoms with Gasteiger partial charge in [-0.2, -0.15) is 5.10 Å². The maximum Gasteiger partial charge on any atom is 0.266 e. The van der Waals surface area contributed by atoms with Gasteiger partial charge in [0.05, 0.1) is 6.04 Å². The molecule has 0 radical (unpaired) electrons. The van der Waals surface area contributed by atoms with Crippen LogP contribution in [0.4, 0.5) is 5.82 Å². The van der Waals surface area contributed by atoms with Crippen LogP contribution < -0.4 is 10.9 Å². The van der Waals surface area contributed by atoms with Crippen LogP contribution in [0.15, 0.2) is 35.4 Å². The SMILES string of the molecule is O=c1cccnn1C1CCC(Nc2ccnc(C3CCC3)n2)CC1. The highest BCUT2D eigenvalue weighted by atomic mass is 16.1. The normalized spacial score (nSPS) is 24.3. The highest BCUT2D eigenvalue weighted by Crippen LogP contribution is 2.34. The summed E-state index contributed by atoms with van der Waals surface area (Å²) in [5.41, 5.74) is -0.00477. The van der Waals surface area contributed by atoms with Gasteiger partial charge in [0.15, 0.2) is 0 Å². The molecule has 0 bridgehead atoms. The average Bonchev–Trinajstić information content (AvgIpc) is 2.55. The fourth-order valence-corrected chi connectivity index (χ4v) is 3.63. The van der Waals surface area contributed by atoms with E-state index < -0.39 is 0 Å². The summed E-state index contributed by atoms with van der Waals surface area (Å²) in [5, 5.41) is 7.77. The Morgan fingerprint density at radius 3 is 2.58 bits per heavy atom. The standard InChI is InChI=1S/C18H23N5O/c24-17-5-2-11-20-23(17)15-8-6-14(7-9-15)21-16-10-12-19-18(22-16)13-3-1-4-13/h2,5,10-15H,1,3-4,6-9H2,(H,19,21,22). The van der Waals surface area contributed by atoms with Crippen molar-refractivity contribution in [2.24, 2.45) is 0 Å². The number of nitrogens with one attached hydrogen (secondary N) is 1. The number of anilines is 1. The summed E-state index contributed by atoms with van der Waals surface area (Å²) in [5.74, 6) is 2.48. The molecule has 2 fully saturated rings. The Kier molecular flexibility index (Phi) is 4.28. The third-order valence-electron chi connectivity index (χ3n) is 5.28. The second-order valence-corrected chi connectivity index (χ2v) is 6.88. The van der Waals surface area contributed by atoms with E-state index in [1.165, 1.54) is 19.3 Å². The van der Waals surface area contributed by atoms with E-state index in [2.05, 4.69) is 15.4 Å². The third kappa shape index (κ3) is 3.18. The average molecular weight is 325 g/mol. The lowest BCUT2D eigenvalue weighted by Crippen LogP contribution is -2.33. The molecule has 0 amide bonds. The van der Waals surface area contributed by atoms with Gasteiger partial charge in [-0.25, -0.2) is 14.6 Å². The van der Waals surface area contributed by atoms with Gasteiger partial charge in [-0.05, 0) is 50.7 Å². The Bertz CT molecular complexity index is 747. The van der Waals surface area contributed by atoms with Crippen LogP contribution in [-0.2, 0) is 0 Å². The fourth-order valence-electron chi connectivity index (χ4n) is 3.63. The monoisotopic (exact) mass is 325 g/mol. The Labute approximate surface area is 141 Å². The van der Waals surface area contributed by atoms with Crippen LogP contribution >= 0.6 is 0 Å². The highest BCUT2D eigenvalue weighted by Gasteiger charge is 2.25. The van der Waals surface area contributed by atoms with E-state index in [1.54, 1.807) is 23.0 Å². The van der Waals surface area contributed by atoms with Crippen molar-refractivity contribution in [3.8, 4) is 0 Å². The van der Waals surface area contributed by atoms with Crippen molar-refractivity contribution in [3.63, 3.8) is 0 Å². The van der Waals surface area contributed by atoms with E-state index in [0.717, 1.165) is 37.3 Å². The van der Waals surface area contributed by atoms with Crippen LogP contribution in [0.5, 0.6) is 0 Å². The van der Waals surface area contributed by atoms with Crippen molar-refractivity contribution >= 4 is 5.82 Å². The molecule has 0 aliphatic heterocycles. The van der Waals surface area contributed by atoms with E-state index in [9.17, 15) is 4.79 Å². The number of aromatic nitrogens is 4. The van der Waals surface area contributed by atoms with Gasteiger partial charge in [0, 0.05) is 30.4 Å². The fraction of sp³-hybridized carbons (Fsp3) is 0.556. The molecule has 2 aliphatic rings. The van der Waals surface area contributed by atoms with Crippen LogP contribution in [-0.4, -0.2) is 25.8 Å². The van der Waals surface area contributed by atoms with Gasteiger partial charge in [0.1, 0.15) is 11.6 Å². The zero-order chi connectivity index (χ0) is 16.4. The summed E-state index contributed by atoms with van der Waals surface area (Å²) in [6.45, 7) is 0. The molecule has 0 atom stereocenters. The minimum absolute atomic E-state index is 0.00477. The molecule has 6 heteroatoms. The molecule has 24 heavy (non-hydrogen) atoms. The topological polar surface area (TPSA) is 72.7 Å². The van der Waals surface area contributed by atoms with Crippen molar-refractivity contribution in [1.29, 1.82) is 0 Å². The molecule has 0 aromatic carbocycles. The van der Waals surface area contributed by atoms with Crippen LogP contribution in [0.2, 0.25) is 0 Å². The first-order chi connectivity index (χ1) is 11.8. The van der Waals surface area contributed by atoms with Gasteiger partial charge < -0.3 is 5.32 Å². The summed E-state index contributed by atoms with van der Waals surface area (Å²) in [4.78, 5) is 21.0. The zero-order valence-electron chi connectivity index (χ0n) is 13.8. The maximum atomic E-state index is 11.9.